The summed E-state index contributed by atoms with van der Waals surface area (Å²) in [7, 11) is -3.53. The van der Waals surface area contributed by atoms with Crippen molar-refractivity contribution in [1.82, 2.24) is 4.72 Å². The van der Waals surface area contributed by atoms with Crippen LogP contribution in [0.2, 0.25) is 0 Å². The molecule has 0 bridgehead atoms. The summed E-state index contributed by atoms with van der Waals surface area (Å²) in [5.74, 6) is 0.366. The van der Waals surface area contributed by atoms with E-state index in [0.717, 1.165) is 24.2 Å². The topological polar surface area (TPSA) is 96.0 Å². The Kier molecular flexibility index (Phi) is 3.49. The third-order valence-corrected chi connectivity index (χ3v) is 5.68. The van der Waals surface area contributed by atoms with Crippen molar-refractivity contribution in [2.45, 2.75) is 23.1 Å². The number of nitrogens with zero attached hydrogens (tertiary/aromatic N) is 1. The van der Waals surface area contributed by atoms with Crippen molar-refractivity contribution >= 4 is 21.4 Å². The summed E-state index contributed by atoms with van der Waals surface area (Å²) in [5, 5.41) is 8.67. The molecular formula is C10H13N3O2S2. The third kappa shape index (κ3) is 2.84. The summed E-state index contributed by atoms with van der Waals surface area (Å²) >= 11 is 0.972. The molecule has 3 N–H and O–H groups in total. The van der Waals surface area contributed by atoms with Crippen molar-refractivity contribution in [3.63, 3.8) is 0 Å². The fourth-order valence-electron chi connectivity index (χ4n) is 1.62. The Hall–Kier alpha value is -0.940. The molecule has 0 radical (unpaired) electrons. The minimum Gasteiger partial charge on any atom is -0.329 e. The van der Waals surface area contributed by atoms with Crippen LogP contribution in [0.4, 0.5) is 0 Å². The number of thiophene rings is 1. The standard InChI is InChI=1S/C10H13N3O2S2/c11-5-8-3-4-10(16-8)17(14,15)13-9(6-12)7-1-2-7/h3-4,7,9,13H,1-2,6,12H2. The van der Waals surface area contributed by atoms with Gasteiger partial charge in [0.25, 0.3) is 0 Å². The predicted molar refractivity (Wildman–Crippen MR) is 64.9 cm³/mol. The van der Waals surface area contributed by atoms with Gasteiger partial charge < -0.3 is 5.73 Å². The lowest BCUT2D eigenvalue weighted by atomic mass is 10.2. The molecule has 1 aliphatic carbocycles. The Morgan fingerprint density at radius 1 is 1.59 bits per heavy atom. The van der Waals surface area contributed by atoms with Crippen LogP contribution in [-0.2, 0) is 10.0 Å². The second-order valence-corrected chi connectivity index (χ2v) is 7.06. The molecule has 1 saturated carbocycles. The number of sulfonamides is 1. The fourth-order valence-corrected chi connectivity index (χ4v) is 4.06. The maximum Gasteiger partial charge on any atom is 0.250 e. The molecule has 0 spiro atoms. The minimum atomic E-state index is -3.53. The van der Waals surface area contributed by atoms with Crippen molar-refractivity contribution in [3.8, 4) is 6.07 Å². The molecule has 1 heterocycles. The molecule has 0 aromatic carbocycles. The Morgan fingerprint density at radius 2 is 2.29 bits per heavy atom. The molecule has 1 atom stereocenters. The molecule has 1 aromatic heterocycles. The molecule has 7 heteroatoms. The van der Waals surface area contributed by atoms with Crippen LogP contribution in [0.3, 0.4) is 0 Å². The first kappa shape index (κ1) is 12.5. The fraction of sp³-hybridized carbons (Fsp3) is 0.500. The average Bonchev–Trinajstić information content (AvgIpc) is 3.02. The van der Waals surface area contributed by atoms with Gasteiger partial charge in [-0.25, -0.2) is 13.1 Å². The Bertz CT molecular complexity index is 540. The normalized spacial score (nSPS) is 17.6. The van der Waals surface area contributed by atoms with E-state index in [0.29, 0.717) is 17.3 Å². The van der Waals surface area contributed by atoms with Crippen molar-refractivity contribution in [3.05, 3.63) is 17.0 Å². The largest absolute Gasteiger partial charge is 0.329 e. The SMILES string of the molecule is N#Cc1ccc(S(=O)(=O)NC(CN)C2CC2)s1. The monoisotopic (exact) mass is 271 g/mol. The van der Waals surface area contributed by atoms with Gasteiger partial charge in [-0.2, -0.15) is 5.26 Å². The quantitative estimate of drug-likeness (QED) is 0.821. The second kappa shape index (κ2) is 4.74. The Balaban J connectivity index is 2.15. The van der Waals surface area contributed by atoms with E-state index in [1.807, 2.05) is 6.07 Å². The lowest BCUT2D eigenvalue weighted by molar-refractivity contribution is 0.520. The van der Waals surface area contributed by atoms with Crippen LogP contribution in [0, 0.1) is 17.2 Å². The number of nitrogens with two attached hydrogens (primary N) is 1. The zero-order valence-electron chi connectivity index (χ0n) is 9.09. The Morgan fingerprint density at radius 3 is 2.76 bits per heavy atom. The maximum atomic E-state index is 12.0. The third-order valence-electron chi connectivity index (χ3n) is 2.71. The van der Waals surface area contributed by atoms with Gasteiger partial charge in [0.05, 0.1) is 0 Å². The molecular weight excluding hydrogens is 258 g/mol. The van der Waals surface area contributed by atoms with E-state index in [2.05, 4.69) is 4.72 Å². The lowest BCUT2D eigenvalue weighted by Gasteiger charge is -2.15. The van der Waals surface area contributed by atoms with Crippen LogP contribution in [0.1, 0.15) is 17.7 Å². The van der Waals surface area contributed by atoms with Gasteiger partial charge in [-0.15, -0.1) is 11.3 Å². The summed E-state index contributed by atoms with van der Waals surface area (Å²) in [5.41, 5.74) is 5.55. The molecule has 1 aromatic rings. The van der Waals surface area contributed by atoms with E-state index in [1.165, 1.54) is 12.1 Å². The number of hydrogen-bond donors (Lipinski definition) is 2. The van der Waals surface area contributed by atoms with Crippen LogP contribution >= 0.6 is 11.3 Å². The molecule has 0 saturated heterocycles. The van der Waals surface area contributed by atoms with Crippen LogP contribution in [-0.4, -0.2) is 21.0 Å². The maximum absolute atomic E-state index is 12.0. The van der Waals surface area contributed by atoms with Gasteiger partial charge >= 0.3 is 0 Å². The van der Waals surface area contributed by atoms with Gasteiger partial charge in [-0.3, -0.25) is 0 Å². The van der Waals surface area contributed by atoms with Gasteiger partial charge in [-0.1, -0.05) is 0 Å². The van der Waals surface area contributed by atoms with Gasteiger partial charge in [0, 0.05) is 12.6 Å². The molecule has 1 fully saturated rings. The van der Waals surface area contributed by atoms with Crippen LogP contribution in [0.25, 0.3) is 0 Å². The first-order valence-electron chi connectivity index (χ1n) is 5.29. The summed E-state index contributed by atoms with van der Waals surface area (Å²) in [6.07, 6.45) is 2.05. The van der Waals surface area contributed by atoms with Gasteiger partial charge in [0.1, 0.15) is 15.2 Å². The van der Waals surface area contributed by atoms with Gasteiger partial charge in [0.2, 0.25) is 10.0 Å². The van der Waals surface area contributed by atoms with Gasteiger partial charge in [0.15, 0.2) is 0 Å². The van der Waals surface area contributed by atoms with Gasteiger partial charge in [-0.05, 0) is 30.9 Å². The molecule has 2 rings (SSSR count). The summed E-state index contributed by atoms with van der Waals surface area (Å²) in [6.45, 7) is 0.306. The van der Waals surface area contributed by atoms with E-state index in [9.17, 15) is 8.42 Å². The lowest BCUT2D eigenvalue weighted by Crippen LogP contribution is -2.41. The molecule has 5 nitrogen and oxygen atoms in total. The molecule has 92 valence electrons. The van der Waals surface area contributed by atoms with Crippen molar-refractivity contribution in [2.75, 3.05) is 6.54 Å². The van der Waals surface area contributed by atoms with E-state index < -0.39 is 10.0 Å². The highest BCUT2D eigenvalue weighted by Gasteiger charge is 2.33. The highest BCUT2D eigenvalue weighted by Crippen LogP contribution is 2.33. The smallest absolute Gasteiger partial charge is 0.250 e. The van der Waals surface area contributed by atoms with E-state index in [1.54, 1.807) is 0 Å². The molecule has 1 aliphatic rings. The molecule has 1 unspecified atom stereocenters. The summed E-state index contributed by atoms with van der Waals surface area (Å²) in [6, 6.07) is 4.69. The van der Waals surface area contributed by atoms with Crippen molar-refractivity contribution in [2.24, 2.45) is 11.7 Å². The summed E-state index contributed by atoms with van der Waals surface area (Å²) in [4.78, 5) is 0.390. The molecule has 17 heavy (non-hydrogen) atoms. The highest BCUT2D eigenvalue weighted by atomic mass is 32.2. The van der Waals surface area contributed by atoms with Crippen LogP contribution in [0.15, 0.2) is 16.3 Å². The average molecular weight is 271 g/mol. The van der Waals surface area contributed by atoms with E-state index >= 15 is 0 Å². The zero-order chi connectivity index (χ0) is 12.5. The number of nitrogens with one attached hydrogen (secondary N) is 1. The van der Waals surface area contributed by atoms with E-state index in [-0.39, 0.29) is 10.3 Å². The minimum absolute atomic E-state index is 0.174. The predicted octanol–water partition coefficient (Wildman–Crippen LogP) is 0.635. The summed E-state index contributed by atoms with van der Waals surface area (Å²) < 4.78 is 26.8. The van der Waals surface area contributed by atoms with Crippen LogP contribution in [0.5, 0.6) is 0 Å². The highest BCUT2D eigenvalue weighted by molar-refractivity contribution is 7.91. The van der Waals surface area contributed by atoms with Crippen LogP contribution < -0.4 is 10.5 Å². The first-order chi connectivity index (χ1) is 8.06. The number of nitriles is 1. The second-order valence-electron chi connectivity index (χ2n) is 4.03. The van der Waals surface area contributed by atoms with Crippen molar-refractivity contribution < 1.29 is 8.42 Å². The Labute approximate surface area is 104 Å². The number of rotatable bonds is 5. The van der Waals surface area contributed by atoms with E-state index in [4.69, 9.17) is 11.0 Å². The molecule has 0 amide bonds. The number of hydrogen-bond acceptors (Lipinski definition) is 5. The zero-order valence-corrected chi connectivity index (χ0v) is 10.7. The van der Waals surface area contributed by atoms with Crippen molar-refractivity contribution in [1.29, 1.82) is 5.26 Å². The molecule has 0 aliphatic heterocycles. The first-order valence-corrected chi connectivity index (χ1v) is 7.59.